The molecule has 1 aromatic rings. The molecule has 4 nitrogen and oxygen atoms in total. The Bertz CT molecular complexity index is 510. The van der Waals surface area contributed by atoms with E-state index in [1.54, 1.807) is 24.0 Å². The van der Waals surface area contributed by atoms with Crippen LogP contribution in [-0.2, 0) is 6.42 Å². The third-order valence-corrected chi connectivity index (χ3v) is 3.18. The lowest BCUT2D eigenvalue weighted by atomic mass is 10.1. The number of nitrogens with zero attached hydrogens (tertiary/aromatic N) is 3. The second kappa shape index (κ2) is 7.86. The molecular formula is C15H20ClN3O. The summed E-state index contributed by atoms with van der Waals surface area (Å²) in [5.74, 6) is -0.289. The molecule has 1 heterocycles. The van der Waals surface area contributed by atoms with Crippen molar-refractivity contribution in [2.75, 3.05) is 13.1 Å². The van der Waals surface area contributed by atoms with Crippen LogP contribution in [0.15, 0.2) is 12.1 Å². The topological polar surface area (TPSA) is 57.0 Å². The van der Waals surface area contributed by atoms with E-state index in [0.29, 0.717) is 23.8 Å². The molecule has 1 unspecified atom stereocenters. The molecule has 20 heavy (non-hydrogen) atoms. The molecule has 0 N–H and O–H groups in total. The molecule has 5 heteroatoms. The van der Waals surface area contributed by atoms with Crippen molar-refractivity contribution in [3.63, 3.8) is 0 Å². The summed E-state index contributed by atoms with van der Waals surface area (Å²) in [6.45, 7) is 6.75. The van der Waals surface area contributed by atoms with E-state index in [-0.39, 0.29) is 11.8 Å². The second-order valence-electron chi connectivity index (χ2n) is 4.79. The second-order valence-corrected chi connectivity index (χ2v) is 5.18. The van der Waals surface area contributed by atoms with Crippen LogP contribution < -0.4 is 0 Å². The standard InChI is InChI=1S/C15H20ClN3O/c1-4-6-13-7-12(8-14(16)18-13)15(20)19(5-2)10-11(3)9-17/h7-8,11H,4-6,10H2,1-3H3. The van der Waals surface area contributed by atoms with Crippen molar-refractivity contribution in [2.24, 2.45) is 5.92 Å². The van der Waals surface area contributed by atoms with Gasteiger partial charge in [0.15, 0.2) is 0 Å². The van der Waals surface area contributed by atoms with E-state index in [4.69, 9.17) is 16.9 Å². The number of hydrogen-bond donors (Lipinski definition) is 0. The van der Waals surface area contributed by atoms with E-state index >= 15 is 0 Å². The Labute approximate surface area is 125 Å². The third kappa shape index (κ3) is 4.50. The van der Waals surface area contributed by atoms with Crippen LogP contribution >= 0.6 is 11.6 Å². The fourth-order valence-electron chi connectivity index (χ4n) is 1.97. The highest BCUT2D eigenvalue weighted by atomic mass is 35.5. The molecule has 1 amide bonds. The monoisotopic (exact) mass is 293 g/mol. The minimum atomic E-state index is -0.189. The Balaban J connectivity index is 2.97. The maximum absolute atomic E-state index is 12.5. The minimum absolute atomic E-state index is 0.101. The van der Waals surface area contributed by atoms with Crippen molar-refractivity contribution in [1.29, 1.82) is 5.26 Å². The molecular weight excluding hydrogens is 274 g/mol. The van der Waals surface area contributed by atoms with Gasteiger partial charge in [0.1, 0.15) is 5.15 Å². The molecule has 0 aliphatic rings. The molecule has 108 valence electrons. The Morgan fingerprint density at radius 2 is 2.20 bits per heavy atom. The lowest BCUT2D eigenvalue weighted by Gasteiger charge is -2.22. The summed E-state index contributed by atoms with van der Waals surface area (Å²) in [6, 6.07) is 5.52. The van der Waals surface area contributed by atoms with Gasteiger partial charge in [-0.05, 0) is 32.4 Å². The summed E-state index contributed by atoms with van der Waals surface area (Å²) < 4.78 is 0. The van der Waals surface area contributed by atoms with Gasteiger partial charge in [-0.1, -0.05) is 24.9 Å². The summed E-state index contributed by atoms with van der Waals surface area (Å²) in [5.41, 5.74) is 1.37. The van der Waals surface area contributed by atoms with Crippen LogP contribution in [0.5, 0.6) is 0 Å². The largest absolute Gasteiger partial charge is 0.338 e. The third-order valence-electron chi connectivity index (χ3n) is 2.98. The van der Waals surface area contributed by atoms with Crippen molar-refractivity contribution in [1.82, 2.24) is 9.88 Å². The van der Waals surface area contributed by atoms with Gasteiger partial charge in [0.05, 0.1) is 12.0 Å². The molecule has 0 bridgehead atoms. The Morgan fingerprint density at radius 3 is 2.75 bits per heavy atom. The maximum Gasteiger partial charge on any atom is 0.254 e. The van der Waals surface area contributed by atoms with Crippen LogP contribution in [-0.4, -0.2) is 28.9 Å². The zero-order valence-electron chi connectivity index (χ0n) is 12.2. The van der Waals surface area contributed by atoms with Crippen LogP contribution in [0, 0.1) is 17.2 Å². The first-order chi connectivity index (χ1) is 9.51. The van der Waals surface area contributed by atoms with Gasteiger partial charge in [-0.25, -0.2) is 4.98 Å². The molecule has 0 saturated heterocycles. The normalized spacial score (nSPS) is 11.8. The summed E-state index contributed by atoms with van der Waals surface area (Å²) in [7, 11) is 0. The zero-order valence-corrected chi connectivity index (χ0v) is 12.9. The number of hydrogen-bond acceptors (Lipinski definition) is 3. The number of pyridine rings is 1. The first-order valence-corrected chi connectivity index (χ1v) is 7.24. The smallest absolute Gasteiger partial charge is 0.254 e. The number of amides is 1. The highest BCUT2D eigenvalue weighted by molar-refractivity contribution is 6.29. The van der Waals surface area contributed by atoms with E-state index in [1.807, 2.05) is 6.92 Å². The summed E-state index contributed by atoms with van der Waals surface area (Å²) >= 11 is 5.98. The summed E-state index contributed by atoms with van der Waals surface area (Å²) in [6.07, 6.45) is 1.74. The summed E-state index contributed by atoms with van der Waals surface area (Å²) in [4.78, 5) is 18.3. The SMILES string of the molecule is CCCc1cc(C(=O)N(CC)CC(C)C#N)cc(Cl)n1. The fourth-order valence-corrected chi connectivity index (χ4v) is 2.19. The number of aryl methyl sites for hydroxylation is 1. The zero-order chi connectivity index (χ0) is 15.1. The first-order valence-electron chi connectivity index (χ1n) is 6.87. The molecule has 0 fully saturated rings. The predicted octanol–water partition coefficient (Wildman–Crippen LogP) is 3.31. The molecule has 0 saturated carbocycles. The van der Waals surface area contributed by atoms with E-state index in [2.05, 4.69) is 18.0 Å². The van der Waals surface area contributed by atoms with Crippen LogP contribution in [0.1, 0.15) is 43.2 Å². The average molecular weight is 294 g/mol. The van der Waals surface area contributed by atoms with Crippen molar-refractivity contribution in [3.8, 4) is 6.07 Å². The van der Waals surface area contributed by atoms with Gasteiger partial charge in [0.2, 0.25) is 0 Å². The van der Waals surface area contributed by atoms with Gasteiger partial charge in [0.25, 0.3) is 5.91 Å². The number of nitriles is 1. The van der Waals surface area contributed by atoms with Crippen molar-refractivity contribution in [2.45, 2.75) is 33.6 Å². The maximum atomic E-state index is 12.5. The molecule has 0 aliphatic carbocycles. The molecule has 0 aliphatic heterocycles. The molecule has 1 aromatic heterocycles. The Morgan fingerprint density at radius 1 is 1.50 bits per heavy atom. The van der Waals surface area contributed by atoms with Crippen molar-refractivity contribution >= 4 is 17.5 Å². The van der Waals surface area contributed by atoms with Crippen LogP contribution in [0.2, 0.25) is 5.15 Å². The van der Waals surface area contributed by atoms with Crippen molar-refractivity contribution < 1.29 is 4.79 Å². The van der Waals surface area contributed by atoms with Gasteiger partial charge >= 0.3 is 0 Å². The van der Waals surface area contributed by atoms with E-state index < -0.39 is 0 Å². The molecule has 0 spiro atoms. The molecule has 0 radical (unpaired) electrons. The predicted molar refractivity (Wildman–Crippen MR) is 79.6 cm³/mol. The number of rotatable bonds is 6. The van der Waals surface area contributed by atoms with E-state index in [0.717, 1.165) is 18.5 Å². The number of aromatic nitrogens is 1. The lowest BCUT2D eigenvalue weighted by Crippen LogP contribution is -2.34. The quantitative estimate of drug-likeness (QED) is 0.756. The fraction of sp³-hybridized carbons (Fsp3) is 0.533. The Hall–Kier alpha value is -1.60. The highest BCUT2D eigenvalue weighted by Gasteiger charge is 2.18. The van der Waals surface area contributed by atoms with Gasteiger partial charge in [-0.15, -0.1) is 0 Å². The molecule has 1 rings (SSSR count). The number of carbonyl (C=O) groups is 1. The number of halogens is 1. The highest BCUT2D eigenvalue weighted by Crippen LogP contribution is 2.15. The van der Waals surface area contributed by atoms with Gasteiger partial charge < -0.3 is 4.90 Å². The molecule has 0 aromatic carbocycles. The van der Waals surface area contributed by atoms with Crippen LogP contribution in [0.4, 0.5) is 0 Å². The van der Waals surface area contributed by atoms with E-state index in [1.165, 1.54) is 0 Å². The first kappa shape index (κ1) is 16.5. The van der Waals surface area contributed by atoms with Gasteiger partial charge in [-0.2, -0.15) is 5.26 Å². The Kier molecular flexibility index (Phi) is 6.47. The number of carbonyl (C=O) groups excluding carboxylic acids is 1. The van der Waals surface area contributed by atoms with Crippen LogP contribution in [0.25, 0.3) is 0 Å². The van der Waals surface area contributed by atoms with Crippen molar-refractivity contribution in [3.05, 3.63) is 28.5 Å². The van der Waals surface area contributed by atoms with Crippen LogP contribution in [0.3, 0.4) is 0 Å². The van der Waals surface area contributed by atoms with E-state index in [9.17, 15) is 4.79 Å². The van der Waals surface area contributed by atoms with Gasteiger partial charge in [0, 0.05) is 24.3 Å². The van der Waals surface area contributed by atoms with Gasteiger partial charge in [-0.3, -0.25) is 4.79 Å². The summed E-state index contributed by atoms with van der Waals surface area (Å²) in [5, 5.41) is 9.21. The minimum Gasteiger partial charge on any atom is -0.338 e. The lowest BCUT2D eigenvalue weighted by molar-refractivity contribution is 0.0752. The molecule has 1 atom stereocenters. The average Bonchev–Trinajstić information content (AvgIpc) is 2.43.